The minimum atomic E-state index is 0.0215. The van der Waals surface area contributed by atoms with Crippen molar-refractivity contribution in [2.45, 2.75) is 0 Å². The molecule has 0 bridgehead atoms. The van der Waals surface area contributed by atoms with Crippen LogP contribution in [0.2, 0.25) is 5.15 Å². The summed E-state index contributed by atoms with van der Waals surface area (Å²) >= 11 is 8.52. The third-order valence-electron chi connectivity index (χ3n) is 0.941. The molecule has 0 saturated heterocycles. The lowest BCUT2D eigenvalue weighted by atomic mass is 10.5. The fraction of sp³-hybridized carbons (Fsp3) is 0. The molecule has 0 aliphatic rings. The topological polar surface area (TPSA) is 75.6 Å². The maximum absolute atomic E-state index is 8.44. The van der Waals surface area contributed by atoms with Crippen LogP contribution in [0.3, 0.4) is 0 Å². The van der Waals surface area contributed by atoms with Gasteiger partial charge in [-0.3, -0.25) is 0 Å². The lowest BCUT2D eigenvalue weighted by Gasteiger charge is -1.97. The maximum Gasteiger partial charge on any atom is 0.179 e. The van der Waals surface area contributed by atoms with Crippen LogP contribution in [0.4, 0.5) is 5.82 Å². The summed E-state index contributed by atoms with van der Waals surface area (Å²) in [6.07, 6.45) is 0. The first-order valence-corrected chi connectivity index (χ1v) is 3.71. The van der Waals surface area contributed by atoms with E-state index in [4.69, 9.17) is 22.6 Å². The Morgan fingerprint density at radius 2 is 2.18 bits per heavy atom. The van der Waals surface area contributed by atoms with Gasteiger partial charge in [-0.1, -0.05) is 11.6 Å². The highest BCUT2D eigenvalue weighted by atomic mass is 79.9. The minimum Gasteiger partial charge on any atom is -0.381 e. The summed E-state index contributed by atoms with van der Waals surface area (Å²) < 4.78 is 0.332. The summed E-state index contributed by atoms with van der Waals surface area (Å²) in [5.74, 6) is 0.175. The predicted octanol–water partition coefficient (Wildman–Crippen LogP) is 1.35. The number of nitrogens with two attached hydrogens (primary N) is 1. The quantitative estimate of drug-likeness (QED) is 0.734. The molecular formula is C5H2BrClN4. The number of rotatable bonds is 0. The van der Waals surface area contributed by atoms with E-state index in [2.05, 4.69) is 25.9 Å². The molecule has 2 N–H and O–H groups in total. The lowest BCUT2D eigenvalue weighted by molar-refractivity contribution is 1.14. The van der Waals surface area contributed by atoms with Crippen molar-refractivity contribution in [3.8, 4) is 6.07 Å². The van der Waals surface area contributed by atoms with Crippen LogP contribution in [0.5, 0.6) is 0 Å². The van der Waals surface area contributed by atoms with Crippen molar-refractivity contribution in [2.75, 3.05) is 5.73 Å². The lowest BCUT2D eigenvalue weighted by Crippen LogP contribution is -1.97. The molecule has 56 valence electrons. The monoisotopic (exact) mass is 232 g/mol. The number of nitrogen functional groups attached to an aromatic ring is 1. The first-order chi connectivity index (χ1) is 5.15. The van der Waals surface area contributed by atoms with Gasteiger partial charge >= 0.3 is 0 Å². The Bertz CT molecular complexity index is 332. The molecule has 1 aromatic rings. The molecule has 0 radical (unpaired) electrons. The molecule has 0 atom stereocenters. The fourth-order valence-electron chi connectivity index (χ4n) is 0.478. The molecule has 0 spiro atoms. The van der Waals surface area contributed by atoms with E-state index in [1.165, 1.54) is 0 Å². The minimum absolute atomic E-state index is 0.0215. The molecule has 1 heterocycles. The number of aromatic nitrogens is 2. The Kier molecular flexibility index (Phi) is 2.27. The molecule has 0 unspecified atom stereocenters. The summed E-state index contributed by atoms with van der Waals surface area (Å²) in [5.41, 5.74) is 5.39. The van der Waals surface area contributed by atoms with Gasteiger partial charge in [-0.25, -0.2) is 9.97 Å². The molecule has 1 aromatic heterocycles. The largest absolute Gasteiger partial charge is 0.381 e. The summed E-state index contributed by atoms with van der Waals surface area (Å²) in [6.45, 7) is 0. The molecule has 0 aliphatic carbocycles. The Balaban J connectivity index is 3.35. The van der Waals surface area contributed by atoms with E-state index in [9.17, 15) is 0 Å². The van der Waals surface area contributed by atoms with Gasteiger partial charge in [-0.05, 0) is 15.9 Å². The number of nitrogens with zero attached hydrogens (tertiary/aromatic N) is 3. The van der Waals surface area contributed by atoms with Crippen LogP contribution in [-0.4, -0.2) is 9.97 Å². The Morgan fingerprint density at radius 3 is 2.73 bits per heavy atom. The predicted molar refractivity (Wildman–Crippen MR) is 43.9 cm³/mol. The van der Waals surface area contributed by atoms with Gasteiger partial charge in [0.15, 0.2) is 16.7 Å². The molecule has 0 aromatic carbocycles. The number of hydrogen-bond donors (Lipinski definition) is 1. The van der Waals surface area contributed by atoms with E-state index in [1.807, 2.05) is 0 Å². The molecule has 4 nitrogen and oxygen atoms in total. The van der Waals surface area contributed by atoms with Gasteiger partial charge in [0.2, 0.25) is 0 Å². The van der Waals surface area contributed by atoms with Crippen LogP contribution in [0, 0.1) is 11.3 Å². The highest BCUT2D eigenvalue weighted by Gasteiger charge is 2.06. The number of hydrogen-bond acceptors (Lipinski definition) is 4. The van der Waals surface area contributed by atoms with Crippen LogP contribution in [0.15, 0.2) is 4.60 Å². The Morgan fingerprint density at radius 1 is 1.55 bits per heavy atom. The average Bonchev–Trinajstić information content (AvgIpc) is 1.97. The molecule has 11 heavy (non-hydrogen) atoms. The number of anilines is 1. The van der Waals surface area contributed by atoms with Crippen LogP contribution in [-0.2, 0) is 0 Å². The van der Waals surface area contributed by atoms with Crippen molar-refractivity contribution < 1.29 is 0 Å². The first kappa shape index (κ1) is 8.24. The number of halogens is 2. The van der Waals surface area contributed by atoms with Crippen molar-refractivity contribution in [3.05, 3.63) is 15.5 Å². The molecule has 0 amide bonds. The molecule has 1 rings (SSSR count). The van der Waals surface area contributed by atoms with Crippen molar-refractivity contribution >= 4 is 33.3 Å². The van der Waals surface area contributed by atoms with Crippen LogP contribution < -0.4 is 5.73 Å². The van der Waals surface area contributed by atoms with E-state index in [0.29, 0.717) is 4.60 Å². The summed E-state index contributed by atoms with van der Waals surface area (Å²) in [6, 6.07) is 1.77. The molecular weight excluding hydrogens is 231 g/mol. The standard InChI is InChI=1S/C5H2BrClN4/c6-3-5(9)11-4(7)2(1-8)10-3/h(H2,9,11). The third-order valence-corrected chi connectivity index (χ3v) is 1.79. The average molecular weight is 233 g/mol. The van der Waals surface area contributed by atoms with Crippen LogP contribution >= 0.6 is 27.5 Å². The zero-order chi connectivity index (χ0) is 8.43. The Labute approximate surface area is 76.1 Å². The molecule has 0 fully saturated rings. The van der Waals surface area contributed by atoms with Crippen molar-refractivity contribution in [1.82, 2.24) is 9.97 Å². The normalized spacial score (nSPS) is 9.18. The van der Waals surface area contributed by atoms with Crippen molar-refractivity contribution in [3.63, 3.8) is 0 Å². The smallest absolute Gasteiger partial charge is 0.179 e. The van der Waals surface area contributed by atoms with Gasteiger partial charge in [0, 0.05) is 0 Å². The third kappa shape index (κ3) is 1.59. The second-order valence-corrected chi connectivity index (χ2v) is 2.76. The summed E-state index contributed by atoms with van der Waals surface area (Å²) in [7, 11) is 0. The highest BCUT2D eigenvalue weighted by molar-refractivity contribution is 9.10. The van der Waals surface area contributed by atoms with Gasteiger partial charge in [-0.2, -0.15) is 5.26 Å². The molecule has 0 aliphatic heterocycles. The van der Waals surface area contributed by atoms with E-state index >= 15 is 0 Å². The van der Waals surface area contributed by atoms with Crippen LogP contribution in [0.25, 0.3) is 0 Å². The first-order valence-electron chi connectivity index (χ1n) is 2.53. The molecule has 0 saturated carbocycles. The van der Waals surface area contributed by atoms with E-state index in [1.54, 1.807) is 6.07 Å². The fourth-order valence-corrected chi connectivity index (χ4v) is 0.919. The zero-order valence-corrected chi connectivity index (χ0v) is 7.52. The maximum atomic E-state index is 8.44. The van der Waals surface area contributed by atoms with E-state index in [-0.39, 0.29) is 16.7 Å². The second kappa shape index (κ2) is 3.03. The second-order valence-electron chi connectivity index (χ2n) is 1.65. The summed E-state index contributed by atoms with van der Waals surface area (Å²) in [4.78, 5) is 7.38. The Hall–Kier alpha value is -0.860. The van der Waals surface area contributed by atoms with E-state index in [0.717, 1.165) is 0 Å². The van der Waals surface area contributed by atoms with Gasteiger partial charge in [0.25, 0.3) is 0 Å². The molecule has 6 heteroatoms. The van der Waals surface area contributed by atoms with E-state index < -0.39 is 0 Å². The summed E-state index contributed by atoms with van der Waals surface area (Å²) in [5, 5.41) is 8.46. The SMILES string of the molecule is N#Cc1nc(Br)c(N)nc1Cl. The highest BCUT2D eigenvalue weighted by Crippen LogP contribution is 2.18. The van der Waals surface area contributed by atoms with Gasteiger partial charge in [-0.15, -0.1) is 0 Å². The number of nitriles is 1. The van der Waals surface area contributed by atoms with Crippen LogP contribution in [0.1, 0.15) is 5.69 Å². The van der Waals surface area contributed by atoms with Gasteiger partial charge < -0.3 is 5.73 Å². The zero-order valence-electron chi connectivity index (χ0n) is 5.17. The van der Waals surface area contributed by atoms with Crippen molar-refractivity contribution in [2.24, 2.45) is 0 Å². The van der Waals surface area contributed by atoms with Crippen molar-refractivity contribution in [1.29, 1.82) is 5.26 Å². The van der Waals surface area contributed by atoms with Gasteiger partial charge in [0.05, 0.1) is 0 Å². The van der Waals surface area contributed by atoms with Gasteiger partial charge in [0.1, 0.15) is 10.7 Å².